The monoisotopic (exact) mass is 299 g/mol. The van der Waals surface area contributed by atoms with Gasteiger partial charge in [-0.2, -0.15) is 5.26 Å². The van der Waals surface area contributed by atoms with Gasteiger partial charge in [0.05, 0.1) is 17.9 Å². The summed E-state index contributed by atoms with van der Waals surface area (Å²) in [6, 6.07) is 8.78. The predicted molar refractivity (Wildman–Crippen MR) is 72.6 cm³/mol. The van der Waals surface area contributed by atoms with Crippen LogP contribution in [0, 0.1) is 16.7 Å². The van der Waals surface area contributed by atoms with Crippen LogP contribution in [-0.2, 0) is 9.84 Å². The van der Waals surface area contributed by atoms with Gasteiger partial charge in [-0.1, -0.05) is 30.7 Å². The first-order chi connectivity index (χ1) is 8.93. The second kappa shape index (κ2) is 4.78. The molecular formula is C13H14ClNO3S. The molecule has 1 N–H and O–H groups in total. The molecule has 0 spiro atoms. The number of sulfone groups is 1. The van der Waals surface area contributed by atoms with E-state index in [4.69, 9.17) is 11.6 Å². The topological polar surface area (TPSA) is 78.2 Å². The van der Waals surface area contributed by atoms with Crippen LogP contribution in [0.15, 0.2) is 24.3 Å². The average Bonchev–Trinajstić information content (AvgIpc) is 3.09. The SMILES string of the molecule is CCS(=O)(=O)[C@@H]1[C@H](c2cccc(Cl)c2)[C@@]1(C#N)CO. The molecule has 0 amide bonds. The van der Waals surface area contributed by atoms with Crippen molar-refractivity contribution < 1.29 is 13.5 Å². The van der Waals surface area contributed by atoms with E-state index in [0.29, 0.717) is 10.6 Å². The Kier molecular flexibility index (Phi) is 3.61. The quantitative estimate of drug-likeness (QED) is 0.918. The lowest BCUT2D eigenvalue weighted by molar-refractivity contribution is 0.242. The molecule has 1 fully saturated rings. The Bertz CT molecular complexity index is 638. The number of benzene rings is 1. The zero-order valence-electron chi connectivity index (χ0n) is 10.4. The van der Waals surface area contributed by atoms with Crippen molar-refractivity contribution >= 4 is 21.4 Å². The molecule has 0 radical (unpaired) electrons. The average molecular weight is 300 g/mol. The van der Waals surface area contributed by atoms with Gasteiger partial charge in [0.15, 0.2) is 9.84 Å². The standard InChI is InChI=1S/C13H14ClNO3S/c1-2-19(17,18)12-11(13(12,7-15)8-16)9-4-3-5-10(14)6-9/h3-6,11-12,16H,2,8H2,1H3/t11-,12+,13+/m0/s1. The minimum Gasteiger partial charge on any atom is -0.395 e. The smallest absolute Gasteiger partial charge is 0.155 e. The third-order valence-electron chi connectivity index (χ3n) is 3.72. The fourth-order valence-electron chi connectivity index (χ4n) is 2.64. The number of nitrogens with zero attached hydrogens (tertiary/aromatic N) is 1. The second-order valence-electron chi connectivity index (χ2n) is 4.72. The van der Waals surface area contributed by atoms with E-state index in [2.05, 4.69) is 0 Å². The van der Waals surface area contributed by atoms with E-state index in [1.54, 1.807) is 31.2 Å². The summed E-state index contributed by atoms with van der Waals surface area (Å²) in [5.74, 6) is -0.552. The highest BCUT2D eigenvalue weighted by Crippen LogP contribution is 2.62. The van der Waals surface area contributed by atoms with Crippen LogP contribution in [0.5, 0.6) is 0 Å². The molecule has 1 aliphatic rings. The first-order valence-electron chi connectivity index (χ1n) is 5.92. The lowest BCUT2D eigenvalue weighted by Crippen LogP contribution is -2.19. The lowest BCUT2D eigenvalue weighted by atomic mass is 10.0. The molecule has 0 aliphatic heterocycles. The number of aliphatic hydroxyl groups excluding tert-OH is 1. The van der Waals surface area contributed by atoms with Crippen molar-refractivity contribution in [2.24, 2.45) is 5.41 Å². The van der Waals surface area contributed by atoms with Gasteiger partial charge in [0.1, 0.15) is 5.41 Å². The highest BCUT2D eigenvalue weighted by atomic mass is 35.5. The molecule has 0 bridgehead atoms. The summed E-state index contributed by atoms with van der Waals surface area (Å²) in [5, 5.41) is 18.4. The molecule has 1 aliphatic carbocycles. The molecule has 3 atom stereocenters. The molecule has 1 aromatic rings. The maximum Gasteiger partial charge on any atom is 0.155 e. The molecule has 1 saturated carbocycles. The molecular weight excluding hydrogens is 286 g/mol. The van der Waals surface area contributed by atoms with Gasteiger partial charge in [-0.3, -0.25) is 0 Å². The van der Waals surface area contributed by atoms with Crippen LogP contribution >= 0.6 is 11.6 Å². The van der Waals surface area contributed by atoms with E-state index >= 15 is 0 Å². The van der Waals surface area contributed by atoms with Crippen LogP contribution in [0.25, 0.3) is 0 Å². The fraction of sp³-hybridized carbons (Fsp3) is 0.462. The second-order valence-corrected chi connectivity index (χ2v) is 7.56. The van der Waals surface area contributed by atoms with Crippen LogP contribution in [0.3, 0.4) is 0 Å². The van der Waals surface area contributed by atoms with Gasteiger partial charge in [-0.25, -0.2) is 8.42 Å². The summed E-state index contributed by atoms with van der Waals surface area (Å²) in [4.78, 5) is 0. The van der Waals surface area contributed by atoms with Crippen LogP contribution < -0.4 is 0 Å². The van der Waals surface area contributed by atoms with Gasteiger partial charge < -0.3 is 5.11 Å². The summed E-state index contributed by atoms with van der Waals surface area (Å²) in [7, 11) is -3.39. The lowest BCUT2D eigenvalue weighted by Gasteiger charge is -2.03. The number of halogens is 1. The predicted octanol–water partition coefficient (Wildman–Crippen LogP) is 1.74. The Balaban J connectivity index is 2.49. The van der Waals surface area contributed by atoms with Crippen molar-refractivity contribution in [2.75, 3.05) is 12.4 Å². The zero-order valence-corrected chi connectivity index (χ0v) is 11.9. The van der Waals surface area contributed by atoms with E-state index < -0.39 is 33.0 Å². The molecule has 19 heavy (non-hydrogen) atoms. The Morgan fingerprint density at radius 1 is 1.53 bits per heavy atom. The minimum atomic E-state index is -3.39. The van der Waals surface area contributed by atoms with Crippen molar-refractivity contribution in [1.29, 1.82) is 5.26 Å². The number of hydrogen-bond acceptors (Lipinski definition) is 4. The Morgan fingerprint density at radius 3 is 2.68 bits per heavy atom. The van der Waals surface area contributed by atoms with E-state index in [1.165, 1.54) is 0 Å². The molecule has 6 heteroatoms. The van der Waals surface area contributed by atoms with Gasteiger partial charge in [0.25, 0.3) is 0 Å². The van der Waals surface area contributed by atoms with Crippen molar-refractivity contribution in [3.05, 3.63) is 34.9 Å². The molecule has 0 saturated heterocycles. The Labute approximate surface area is 117 Å². The number of rotatable bonds is 4. The van der Waals surface area contributed by atoms with Gasteiger partial charge in [0.2, 0.25) is 0 Å². The molecule has 2 rings (SSSR count). The minimum absolute atomic E-state index is 0.0435. The van der Waals surface area contributed by atoms with Gasteiger partial charge in [0, 0.05) is 16.7 Å². The highest BCUT2D eigenvalue weighted by Gasteiger charge is 2.71. The van der Waals surface area contributed by atoms with E-state index in [-0.39, 0.29) is 5.75 Å². The normalized spacial score (nSPS) is 29.8. The summed E-state index contributed by atoms with van der Waals surface area (Å²) < 4.78 is 24.1. The number of hydrogen-bond donors (Lipinski definition) is 1. The van der Waals surface area contributed by atoms with Gasteiger partial charge >= 0.3 is 0 Å². The molecule has 4 nitrogen and oxygen atoms in total. The van der Waals surface area contributed by atoms with Crippen molar-refractivity contribution in [3.8, 4) is 6.07 Å². The first-order valence-corrected chi connectivity index (χ1v) is 8.01. The Morgan fingerprint density at radius 2 is 2.21 bits per heavy atom. The number of nitriles is 1. The molecule has 0 aromatic heterocycles. The van der Waals surface area contributed by atoms with Crippen molar-refractivity contribution in [2.45, 2.75) is 18.1 Å². The largest absolute Gasteiger partial charge is 0.395 e. The van der Waals surface area contributed by atoms with Crippen molar-refractivity contribution in [3.63, 3.8) is 0 Å². The Hall–Kier alpha value is -1.09. The third kappa shape index (κ3) is 2.14. The van der Waals surface area contributed by atoms with E-state index in [9.17, 15) is 18.8 Å². The first kappa shape index (κ1) is 14.3. The van der Waals surface area contributed by atoms with Crippen LogP contribution in [0.4, 0.5) is 0 Å². The summed E-state index contributed by atoms with van der Waals surface area (Å²) in [6.07, 6.45) is 0. The number of aliphatic hydroxyl groups is 1. The summed E-state index contributed by atoms with van der Waals surface area (Å²) >= 11 is 5.90. The fourth-order valence-corrected chi connectivity index (χ4v) is 4.85. The molecule has 0 unspecified atom stereocenters. The van der Waals surface area contributed by atoms with E-state index in [1.807, 2.05) is 6.07 Å². The maximum atomic E-state index is 12.1. The maximum absolute atomic E-state index is 12.1. The summed E-state index contributed by atoms with van der Waals surface area (Å²) in [5.41, 5.74) is -0.551. The van der Waals surface area contributed by atoms with Gasteiger partial charge in [-0.05, 0) is 17.7 Å². The zero-order chi connectivity index (χ0) is 14.3. The molecule has 1 aromatic carbocycles. The third-order valence-corrected chi connectivity index (χ3v) is 6.23. The van der Waals surface area contributed by atoms with Crippen molar-refractivity contribution in [1.82, 2.24) is 0 Å². The van der Waals surface area contributed by atoms with Crippen LogP contribution in [-0.4, -0.2) is 31.1 Å². The van der Waals surface area contributed by atoms with Gasteiger partial charge in [-0.15, -0.1) is 0 Å². The van der Waals surface area contributed by atoms with Crippen LogP contribution in [0.2, 0.25) is 5.02 Å². The van der Waals surface area contributed by atoms with Crippen LogP contribution in [0.1, 0.15) is 18.4 Å². The highest BCUT2D eigenvalue weighted by molar-refractivity contribution is 7.92. The van der Waals surface area contributed by atoms with E-state index in [0.717, 1.165) is 0 Å². The molecule has 102 valence electrons. The summed E-state index contributed by atoms with van der Waals surface area (Å²) in [6.45, 7) is 1.08. The molecule has 0 heterocycles.